The second-order valence-corrected chi connectivity index (χ2v) is 5.24. The maximum atomic E-state index is 12.3. The highest BCUT2D eigenvalue weighted by molar-refractivity contribution is 7.13. The number of hydrogen-bond donors (Lipinski definition) is 2. The molecule has 0 bridgehead atoms. The molecule has 6 heteroatoms. The van der Waals surface area contributed by atoms with Crippen molar-refractivity contribution in [2.75, 3.05) is 5.32 Å². The normalized spacial score (nSPS) is 10.5. The average molecular weight is 298 g/mol. The topological polar surface area (TPSA) is 79.3 Å². The number of carboxylic acid groups (broad SMARTS) is 1. The van der Waals surface area contributed by atoms with Crippen LogP contribution in [0.4, 0.5) is 5.13 Å². The van der Waals surface area contributed by atoms with Crippen molar-refractivity contribution in [1.82, 2.24) is 4.98 Å². The van der Waals surface area contributed by atoms with Crippen LogP contribution in [0.5, 0.6) is 0 Å². The molecule has 0 unspecified atom stereocenters. The molecular formula is C15H10N2O3S. The first-order valence-corrected chi connectivity index (χ1v) is 7.00. The van der Waals surface area contributed by atoms with Gasteiger partial charge in [-0.25, -0.2) is 9.78 Å². The Kier molecular flexibility index (Phi) is 3.37. The Bertz CT molecular complexity index is 828. The number of carboxylic acids is 1. The van der Waals surface area contributed by atoms with Crippen LogP contribution in [0.25, 0.3) is 10.8 Å². The van der Waals surface area contributed by atoms with Gasteiger partial charge in [0.05, 0.1) is 11.1 Å². The molecule has 0 radical (unpaired) electrons. The molecule has 0 aliphatic carbocycles. The first-order valence-electron chi connectivity index (χ1n) is 6.12. The predicted molar refractivity (Wildman–Crippen MR) is 81.0 cm³/mol. The molecule has 1 aromatic heterocycles. The van der Waals surface area contributed by atoms with Gasteiger partial charge in [0.15, 0.2) is 5.13 Å². The number of nitrogens with one attached hydrogen (secondary N) is 1. The highest BCUT2D eigenvalue weighted by Crippen LogP contribution is 2.22. The van der Waals surface area contributed by atoms with E-state index >= 15 is 0 Å². The van der Waals surface area contributed by atoms with Gasteiger partial charge in [0.25, 0.3) is 5.91 Å². The molecule has 21 heavy (non-hydrogen) atoms. The quantitative estimate of drug-likeness (QED) is 0.778. The van der Waals surface area contributed by atoms with Gasteiger partial charge in [-0.1, -0.05) is 24.3 Å². The summed E-state index contributed by atoms with van der Waals surface area (Å²) in [7, 11) is 0. The number of aromatic carboxylic acids is 1. The zero-order chi connectivity index (χ0) is 14.8. The summed E-state index contributed by atoms with van der Waals surface area (Å²) in [6, 6.07) is 10.4. The number of nitrogens with zero attached hydrogens (tertiary/aromatic N) is 1. The zero-order valence-corrected chi connectivity index (χ0v) is 11.6. The van der Waals surface area contributed by atoms with Crippen molar-refractivity contribution in [2.45, 2.75) is 0 Å². The molecule has 0 saturated carbocycles. The van der Waals surface area contributed by atoms with E-state index in [-0.39, 0.29) is 11.1 Å². The summed E-state index contributed by atoms with van der Waals surface area (Å²) in [6.45, 7) is 0. The van der Waals surface area contributed by atoms with Crippen LogP contribution in [0.2, 0.25) is 0 Å². The van der Waals surface area contributed by atoms with E-state index in [0.717, 1.165) is 10.8 Å². The Morgan fingerprint density at radius 3 is 2.33 bits per heavy atom. The number of amides is 1. The summed E-state index contributed by atoms with van der Waals surface area (Å²) in [6.07, 6.45) is 1.57. The molecule has 0 aliphatic rings. The van der Waals surface area contributed by atoms with Crippen LogP contribution in [0.15, 0.2) is 48.0 Å². The van der Waals surface area contributed by atoms with Gasteiger partial charge >= 0.3 is 5.97 Å². The van der Waals surface area contributed by atoms with Crippen LogP contribution < -0.4 is 5.32 Å². The molecule has 0 aliphatic heterocycles. The van der Waals surface area contributed by atoms with E-state index in [4.69, 9.17) is 0 Å². The molecule has 0 saturated heterocycles. The Labute approximate surface area is 123 Å². The Balaban J connectivity index is 2.09. The number of fused-ring (bicyclic) bond motifs is 1. The summed E-state index contributed by atoms with van der Waals surface area (Å²) in [5.41, 5.74) is 0.0964. The van der Waals surface area contributed by atoms with Crippen molar-refractivity contribution in [3.05, 3.63) is 59.1 Å². The maximum absolute atomic E-state index is 12.3. The van der Waals surface area contributed by atoms with Gasteiger partial charge in [0.2, 0.25) is 0 Å². The minimum Gasteiger partial charge on any atom is -0.478 e. The van der Waals surface area contributed by atoms with Gasteiger partial charge < -0.3 is 5.11 Å². The summed E-state index contributed by atoms with van der Waals surface area (Å²) >= 11 is 1.27. The SMILES string of the molecule is O=C(O)c1cc2ccccc2cc1C(=O)Nc1nccs1. The van der Waals surface area contributed by atoms with Crippen LogP contribution in [-0.4, -0.2) is 22.0 Å². The monoisotopic (exact) mass is 298 g/mol. The van der Waals surface area contributed by atoms with Crippen molar-refractivity contribution in [1.29, 1.82) is 0 Å². The predicted octanol–water partition coefficient (Wildman–Crippen LogP) is 3.25. The van der Waals surface area contributed by atoms with Gasteiger partial charge in [-0.3, -0.25) is 10.1 Å². The second kappa shape index (κ2) is 5.34. The number of thiazole rings is 1. The van der Waals surface area contributed by atoms with Crippen LogP contribution >= 0.6 is 11.3 Å². The third kappa shape index (κ3) is 2.61. The van der Waals surface area contributed by atoms with Crippen molar-refractivity contribution in [2.24, 2.45) is 0 Å². The van der Waals surface area contributed by atoms with Gasteiger partial charge in [0.1, 0.15) is 0 Å². The lowest BCUT2D eigenvalue weighted by atomic mass is 10.0. The molecule has 0 fully saturated rings. The number of rotatable bonds is 3. The first kappa shape index (κ1) is 13.3. The van der Waals surface area contributed by atoms with Crippen LogP contribution in [0.3, 0.4) is 0 Å². The molecule has 3 aromatic rings. The molecule has 1 amide bonds. The summed E-state index contributed by atoms with van der Waals surface area (Å²) in [5, 5.41) is 15.7. The number of hydrogen-bond acceptors (Lipinski definition) is 4. The van der Waals surface area contributed by atoms with E-state index in [2.05, 4.69) is 10.3 Å². The zero-order valence-electron chi connectivity index (χ0n) is 10.7. The summed E-state index contributed by atoms with van der Waals surface area (Å²) in [4.78, 5) is 27.6. The molecule has 5 nitrogen and oxygen atoms in total. The van der Waals surface area contributed by atoms with Gasteiger partial charge in [-0.05, 0) is 22.9 Å². The average Bonchev–Trinajstić information content (AvgIpc) is 2.98. The van der Waals surface area contributed by atoms with Crippen LogP contribution in [0.1, 0.15) is 20.7 Å². The van der Waals surface area contributed by atoms with Gasteiger partial charge in [-0.2, -0.15) is 0 Å². The summed E-state index contributed by atoms with van der Waals surface area (Å²) in [5.74, 6) is -1.61. The standard InChI is InChI=1S/C15H10N2O3S/c18-13(17-15-16-5-6-21-15)11-7-9-3-1-2-4-10(9)8-12(11)14(19)20/h1-8H,(H,19,20)(H,16,17,18). The number of carbonyl (C=O) groups is 2. The third-order valence-corrected chi connectivity index (χ3v) is 3.70. The fourth-order valence-corrected chi connectivity index (χ4v) is 2.58. The molecule has 0 atom stereocenters. The van der Waals surface area contributed by atoms with Gasteiger partial charge in [0, 0.05) is 11.6 Å². The van der Waals surface area contributed by atoms with Crippen molar-refractivity contribution >= 4 is 39.1 Å². The first-order chi connectivity index (χ1) is 10.1. The molecule has 3 rings (SSSR count). The fourth-order valence-electron chi connectivity index (χ4n) is 2.05. The van der Waals surface area contributed by atoms with Crippen molar-refractivity contribution in [3.63, 3.8) is 0 Å². The van der Waals surface area contributed by atoms with Gasteiger partial charge in [-0.15, -0.1) is 11.3 Å². The van der Waals surface area contributed by atoms with E-state index in [1.807, 2.05) is 24.3 Å². The highest BCUT2D eigenvalue weighted by Gasteiger charge is 2.18. The summed E-state index contributed by atoms with van der Waals surface area (Å²) < 4.78 is 0. The smallest absolute Gasteiger partial charge is 0.336 e. The molecule has 2 N–H and O–H groups in total. The van der Waals surface area contributed by atoms with Crippen molar-refractivity contribution in [3.8, 4) is 0 Å². The number of anilines is 1. The number of carbonyl (C=O) groups excluding carboxylic acids is 1. The number of aromatic nitrogens is 1. The molecule has 104 valence electrons. The Morgan fingerprint density at radius 2 is 1.76 bits per heavy atom. The van der Waals surface area contributed by atoms with E-state index in [1.165, 1.54) is 17.4 Å². The van der Waals surface area contributed by atoms with E-state index in [1.54, 1.807) is 17.6 Å². The minimum atomic E-state index is -1.13. The highest BCUT2D eigenvalue weighted by atomic mass is 32.1. The molecule has 0 spiro atoms. The Morgan fingerprint density at radius 1 is 1.10 bits per heavy atom. The Hall–Kier alpha value is -2.73. The van der Waals surface area contributed by atoms with Crippen LogP contribution in [0, 0.1) is 0 Å². The lowest BCUT2D eigenvalue weighted by Crippen LogP contribution is -2.16. The second-order valence-electron chi connectivity index (χ2n) is 4.34. The maximum Gasteiger partial charge on any atom is 0.336 e. The third-order valence-electron chi connectivity index (χ3n) is 3.01. The van der Waals surface area contributed by atoms with E-state index in [9.17, 15) is 14.7 Å². The van der Waals surface area contributed by atoms with Crippen molar-refractivity contribution < 1.29 is 14.7 Å². The lowest BCUT2D eigenvalue weighted by Gasteiger charge is -2.08. The van der Waals surface area contributed by atoms with Crippen LogP contribution in [-0.2, 0) is 0 Å². The molecule has 2 aromatic carbocycles. The molecular weight excluding hydrogens is 288 g/mol. The lowest BCUT2D eigenvalue weighted by molar-refractivity contribution is 0.0692. The van der Waals surface area contributed by atoms with E-state index in [0.29, 0.717) is 5.13 Å². The number of benzene rings is 2. The fraction of sp³-hybridized carbons (Fsp3) is 0. The molecule has 1 heterocycles. The largest absolute Gasteiger partial charge is 0.478 e. The minimum absolute atomic E-state index is 0.0252. The van der Waals surface area contributed by atoms with E-state index < -0.39 is 11.9 Å².